The number of hydrogen-bond acceptors (Lipinski definition) is 3. The average Bonchev–Trinajstić information content (AvgIpc) is 3.41. The van der Waals surface area contributed by atoms with Gasteiger partial charge in [0.2, 0.25) is 0 Å². The second-order valence-electron chi connectivity index (χ2n) is 8.70. The van der Waals surface area contributed by atoms with Crippen molar-refractivity contribution in [2.24, 2.45) is 0 Å². The maximum Gasteiger partial charge on any atom is 0.295 e. The highest BCUT2D eigenvalue weighted by atomic mass is 79.9. The molecule has 0 spiro atoms. The third-order valence-corrected chi connectivity index (χ3v) is 7.19. The monoisotopic (exact) mass is 528 g/mol. The normalized spacial score (nSPS) is 17.4. The summed E-state index contributed by atoms with van der Waals surface area (Å²) in [5.41, 5.74) is 4.71. The van der Waals surface area contributed by atoms with Crippen LogP contribution in [-0.2, 0) is 22.4 Å². The minimum atomic E-state index is -0.658. The zero-order chi connectivity index (χ0) is 24.5. The van der Waals surface area contributed by atoms with E-state index in [4.69, 9.17) is 0 Å². The minimum Gasteiger partial charge on any atom is -0.507 e. The molecule has 5 rings (SSSR count). The number of rotatable bonds is 6. The van der Waals surface area contributed by atoms with Crippen molar-refractivity contribution >= 4 is 44.3 Å². The first-order valence-electron chi connectivity index (χ1n) is 11.7. The molecule has 176 valence electrons. The molecule has 1 aliphatic heterocycles. The summed E-state index contributed by atoms with van der Waals surface area (Å²) in [6, 6.07) is 22.3. The number of aryl methyl sites for hydroxylation is 1. The Kier molecular flexibility index (Phi) is 6.31. The number of carbonyl (C=O) groups is 2. The Morgan fingerprint density at radius 3 is 2.43 bits per heavy atom. The van der Waals surface area contributed by atoms with E-state index in [1.807, 2.05) is 54.7 Å². The Morgan fingerprint density at radius 1 is 1.00 bits per heavy atom. The number of carbonyl (C=O) groups excluding carboxylic acids is 2. The molecule has 1 saturated heterocycles. The molecule has 4 aromatic rings. The molecule has 1 fully saturated rings. The van der Waals surface area contributed by atoms with Crippen LogP contribution in [0.15, 0.2) is 89.0 Å². The van der Waals surface area contributed by atoms with Crippen molar-refractivity contribution in [3.8, 4) is 0 Å². The van der Waals surface area contributed by atoms with E-state index in [1.54, 1.807) is 29.2 Å². The summed E-state index contributed by atoms with van der Waals surface area (Å²) < 4.78 is 0.861. The van der Waals surface area contributed by atoms with Gasteiger partial charge in [-0.15, -0.1) is 0 Å². The second-order valence-corrected chi connectivity index (χ2v) is 9.62. The van der Waals surface area contributed by atoms with Gasteiger partial charge in [0.15, 0.2) is 0 Å². The SMILES string of the molecule is CCc1ccc(C2/C(=C(\O)c3ccc(Br)cc3)C(=O)C(=O)N2CCc2c[nH]c3ccccc23)cc1. The number of aromatic amines is 1. The first kappa shape index (κ1) is 23.1. The lowest BCUT2D eigenvalue weighted by Crippen LogP contribution is -2.31. The average molecular weight is 529 g/mol. The van der Waals surface area contributed by atoms with Crippen LogP contribution >= 0.6 is 15.9 Å². The van der Waals surface area contributed by atoms with E-state index in [0.29, 0.717) is 18.5 Å². The molecule has 0 saturated carbocycles. The van der Waals surface area contributed by atoms with Crippen molar-refractivity contribution in [1.82, 2.24) is 9.88 Å². The number of aliphatic hydroxyl groups excluding tert-OH is 1. The van der Waals surface area contributed by atoms with Crippen molar-refractivity contribution in [1.29, 1.82) is 0 Å². The lowest BCUT2D eigenvalue weighted by Gasteiger charge is -2.25. The van der Waals surface area contributed by atoms with E-state index >= 15 is 0 Å². The van der Waals surface area contributed by atoms with Gasteiger partial charge in [-0.2, -0.15) is 0 Å². The van der Waals surface area contributed by atoms with Crippen LogP contribution < -0.4 is 0 Å². The minimum absolute atomic E-state index is 0.125. The van der Waals surface area contributed by atoms with Crippen LogP contribution in [0.2, 0.25) is 0 Å². The van der Waals surface area contributed by atoms with Crippen molar-refractivity contribution < 1.29 is 14.7 Å². The molecule has 1 aromatic heterocycles. The topological polar surface area (TPSA) is 73.4 Å². The fourth-order valence-corrected chi connectivity index (χ4v) is 5.00. The molecule has 2 heterocycles. The number of nitrogens with zero attached hydrogens (tertiary/aromatic N) is 1. The summed E-state index contributed by atoms with van der Waals surface area (Å²) >= 11 is 3.40. The van der Waals surface area contributed by atoms with Gasteiger partial charge in [0.05, 0.1) is 11.6 Å². The fraction of sp³-hybridized carbons (Fsp3) is 0.172. The number of amides is 1. The highest BCUT2D eigenvalue weighted by Crippen LogP contribution is 2.40. The molecule has 0 bridgehead atoms. The lowest BCUT2D eigenvalue weighted by atomic mass is 9.94. The molecule has 3 aromatic carbocycles. The van der Waals surface area contributed by atoms with E-state index in [-0.39, 0.29) is 11.3 Å². The standard InChI is InChI=1S/C29H25BrN2O3/c1-2-18-7-9-19(10-8-18)26-25(27(33)20-11-13-22(30)14-12-20)28(34)29(35)32(26)16-15-21-17-31-24-6-4-3-5-23(21)24/h3-14,17,26,31,33H,2,15-16H2,1H3/b27-25+. The Morgan fingerprint density at radius 2 is 1.71 bits per heavy atom. The Hall–Kier alpha value is -3.64. The molecule has 35 heavy (non-hydrogen) atoms. The van der Waals surface area contributed by atoms with Gasteiger partial charge in [0.1, 0.15) is 5.76 Å². The highest BCUT2D eigenvalue weighted by Gasteiger charge is 2.45. The van der Waals surface area contributed by atoms with Gasteiger partial charge in [0.25, 0.3) is 11.7 Å². The summed E-state index contributed by atoms with van der Waals surface area (Å²) in [5, 5.41) is 12.3. The highest BCUT2D eigenvalue weighted by molar-refractivity contribution is 9.10. The van der Waals surface area contributed by atoms with Crippen molar-refractivity contribution in [3.63, 3.8) is 0 Å². The summed E-state index contributed by atoms with van der Waals surface area (Å²) in [4.78, 5) is 31.4. The maximum atomic E-state index is 13.3. The first-order valence-corrected chi connectivity index (χ1v) is 12.5. The van der Waals surface area contributed by atoms with E-state index < -0.39 is 17.7 Å². The number of benzene rings is 3. The molecule has 1 unspecified atom stereocenters. The number of ketones is 1. The largest absolute Gasteiger partial charge is 0.507 e. The molecule has 1 aliphatic rings. The molecule has 0 radical (unpaired) electrons. The van der Waals surface area contributed by atoms with Gasteiger partial charge in [-0.1, -0.05) is 77.5 Å². The Labute approximate surface area is 212 Å². The van der Waals surface area contributed by atoms with Crippen LogP contribution in [0.4, 0.5) is 0 Å². The predicted octanol–water partition coefficient (Wildman–Crippen LogP) is 6.16. The quantitative estimate of drug-likeness (QED) is 0.179. The van der Waals surface area contributed by atoms with Gasteiger partial charge >= 0.3 is 0 Å². The summed E-state index contributed by atoms with van der Waals surface area (Å²) in [5.74, 6) is -1.41. The van der Waals surface area contributed by atoms with Crippen LogP contribution in [0.25, 0.3) is 16.7 Å². The third kappa shape index (κ3) is 4.30. The van der Waals surface area contributed by atoms with Crippen molar-refractivity contribution in [2.45, 2.75) is 25.8 Å². The number of halogens is 1. The van der Waals surface area contributed by atoms with Gasteiger partial charge in [-0.05, 0) is 47.7 Å². The zero-order valence-corrected chi connectivity index (χ0v) is 20.9. The van der Waals surface area contributed by atoms with Gasteiger partial charge in [-0.25, -0.2) is 0 Å². The number of aliphatic hydroxyl groups is 1. The number of nitrogens with one attached hydrogen (secondary N) is 1. The zero-order valence-electron chi connectivity index (χ0n) is 19.3. The number of Topliss-reactive ketones (excluding diaryl/α,β-unsaturated/α-hetero) is 1. The van der Waals surface area contributed by atoms with Crippen LogP contribution in [-0.4, -0.2) is 33.2 Å². The number of fused-ring (bicyclic) bond motifs is 1. The molecular formula is C29H25BrN2O3. The number of para-hydroxylation sites is 1. The Bertz CT molecular complexity index is 1440. The summed E-state index contributed by atoms with van der Waals surface area (Å²) in [6.07, 6.45) is 3.42. The van der Waals surface area contributed by atoms with E-state index in [9.17, 15) is 14.7 Å². The van der Waals surface area contributed by atoms with E-state index in [1.165, 1.54) is 0 Å². The lowest BCUT2D eigenvalue weighted by molar-refractivity contribution is -0.139. The number of hydrogen-bond donors (Lipinski definition) is 2. The predicted molar refractivity (Wildman–Crippen MR) is 141 cm³/mol. The molecule has 1 amide bonds. The third-order valence-electron chi connectivity index (χ3n) is 6.66. The van der Waals surface area contributed by atoms with Crippen LogP contribution in [0.1, 0.15) is 35.2 Å². The van der Waals surface area contributed by atoms with Crippen molar-refractivity contribution in [2.75, 3.05) is 6.54 Å². The van der Waals surface area contributed by atoms with Gasteiger partial charge < -0.3 is 15.0 Å². The fourth-order valence-electron chi connectivity index (χ4n) is 4.74. The summed E-state index contributed by atoms with van der Waals surface area (Å²) in [6.45, 7) is 2.43. The number of aromatic nitrogens is 1. The van der Waals surface area contributed by atoms with Gasteiger partial charge in [0, 0.05) is 33.7 Å². The molecule has 1 atom stereocenters. The van der Waals surface area contributed by atoms with Crippen LogP contribution in [0.3, 0.4) is 0 Å². The Balaban J connectivity index is 1.56. The van der Waals surface area contributed by atoms with Crippen molar-refractivity contribution in [3.05, 3.63) is 111 Å². The molecule has 0 aliphatic carbocycles. The number of likely N-dealkylation sites (tertiary alicyclic amines) is 1. The van der Waals surface area contributed by atoms with E-state index in [2.05, 4.69) is 27.8 Å². The summed E-state index contributed by atoms with van der Waals surface area (Å²) in [7, 11) is 0. The molecule has 2 N–H and O–H groups in total. The molecule has 6 heteroatoms. The van der Waals surface area contributed by atoms with Crippen LogP contribution in [0.5, 0.6) is 0 Å². The molecule has 5 nitrogen and oxygen atoms in total. The molecular weight excluding hydrogens is 504 g/mol. The maximum absolute atomic E-state index is 13.3. The van der Waals surface area contributed by atoms with Gasteiger partial charge in [-0.3, -0.25) is 9.59 Å². The second kappa shape index (κ2) is 9.55. The number of H-pyrrole nitrogens is 1. The van der Waals surface area contributed by atoms with Crippen LogP contribution in [0, 0.1) is 0 Å². The smallest absolute Gasteiger partial charge is 0.295 e. The first-order chi connectivity index (χ1) is 17.0. The van der Waals surface area contributed by atoms with E-state index in [0.717, 1.165) is 38.5 Å².